The zero-order valence-electron chi connectivity index (χ0n) is 18.0. The molecule has 0 saturated carbocycles. The minimum absolute atomic E-state index is 0.281. The van der Waals surface area contributed by atoms with Crippen LogP contribution < -0.4 is 5.32 Å². The average Bonchev–Trinajstić information content (AvgIpc) is 2.80. The maximum Gasteiger partial charge on any atom is 0.339 e. The maximum absolute atomic E-state index is 13.3. The summed E-state index contributed by atoms with van der Waals surface area (Å²) in [6.45, 7) is 3.37. The Bertz CT molecular complexity index is 1370. The topological polar surface area (TPSA) is 68.3 Å². The number of para-hydroxylation sites is 1. The first kappa shape index (κ1) is 22.6. The molecule has 4 aromatic rings. The largest absolute Gasteiger partial charge is 0.452 e. The number of anilines is 1. The first-order valence-corrected chi connectivity index (χ1v) is 11.0. The van der Waals surface area contributed by atoms with Gasteiger partial charge in [-0.15, -0.1) is 0 Å². The molecule has 4 rings (SSSR count). The number of aromatic nitrogens is 1. The van der Waals surface area contributed by atoms with E-state index in [2.05, 4.69) is 26.2 Å². The van der Waals surface area contributed by atoms with Crippen molar-refractivity contribution >= 4 is 44.4 Å². The van der Waals surface area contributed by atoms with Crippen molar-refractivity contribution < 1.29 is 18.7 Å². The Kier molecular flexibility index (Phi) is 6.51. The molecule has 0 saturated heterocycles. The van der Waals surface area contributed by atoms with E-state index in [9.17, 15) is 14.0 Å². The first-order chi connectivity index (χ1) is 15.8. The number of fused-ring (bicyclic) bond motifs is 1. The average molecular weight is 507 g/mol. The molecule has 0 aliphatic heterocycles. The van der Waals surface area contributed by atoms with E-state index in [0.29, 0.717) is 27.8 Å². The molecule has 0 bridgehead atoms. The van der Waals surface area contributed by atoms with E-state index in [1.165, 1.54) is 12.1 Å². The molecule has 0 aliphatic rings. The Balaban J connectivity index is 1.56. The molecule has 33 heavy (non-hydrogen) atoms. The van der Waals surface area contributed by atoms with Gasteiger partial charge < -0.3 is 10.1 Å². The predicted molar refractivity (Wildman–Crippen MR) is 130 cm³/mol. The number of halogens is 2. The van der Waals surface area contributed by atoms with Gasteiger partial charge in [0.25, 0.3) is 5.91 Å². The SMILES string of the molecule is Cc1cc(NC(=O)COC(=O)c2cc(-c3ccc(F)cc3)nc3ccccc23)c(C)cc1Br. The lowest BCUT2D eigenvalue weighted by Crippen LogP contribution is -2.21. The highest BCUT2D eigenvalue weighted by Crippen LogP contribution is 2.26. The number of hydrogen-bond acceptors (Lipinski definition) is 4. The Morgan fingerprint density at radius 3 is 2.48 bits per heavy atom. The van der Waals surface area contributed by atoms with Gasteiger partial charge in [-0.05, 0) is 73.5 Å². The highest BCUT2D eigenvalue weighted by Gasteiger charge is 2.17. The van der Waals surface area contributed by atoms with Crippen molar-refractivity contribution in [3.63, 3.8) is 0 Å². The molecule has 0 fully saturated rings. The summed E-state index contributed by atoms with van der Waals surface area (Å²) >= 11 is 3.46. The number of carbonyl (C=O) groups is 2. The lowest BCUT2D eigenvalue weighted by Gasteiger charge is -2.12. The van der Waals surface area contributed by atoms with Crippen LogP contribution in [0.5, 0.6) is 0 Å². The monoisotopic (exact) mass is 506 g/mol. The third-order valence-electron chi connectivity index (χ3n) is 5.19. The molecule has 3 aromatic carbocycles. The number of ether oxygens (including phenoxy) is 1. The fraction of sp³-hybridized carbons (Fsp3) is 0.115. The number of nitrogens with one attached hydrogen (secondary N) is 1. The fourth-order valence-electron chi connectivity index (χ4n) is 3.42. The van der Waals surface area contributed by atoms with Crippen molar-refractivity contribution in [3.8, 4) is 11.3 Å². The Labute approximate surface area is 198 Å². The third kappa shape index (κ3) is 5.09. The van der Waals surface area contributed by atoms with Crippen LogP contribution in [-0.2, 0) is 9.53 Å². The fourth-order valence-corrected chi connectivity index (χ4v) is 3.88. The quantitative estimate of drug-likeness (QED) is 0.326. The number of esters is 1. The van der Waals surface area contributed by atoms with E-state index >= 15 is 0 Å². The number of rotatable bonds is 5. The van der Waals surface area contributed by atoms with Crippen molar-refractivity contribution in [2.75, 3.05) is 11.9 Å². The Hall–Kier alpha value is -3.58. The zero-order chi connectivity index (χ0) is 23.5. The van der Waals surface area contributed by atoms with Gasteiger partial charge in [0.15, 0.2) is 6.61 Å². The number of amides is 1. The molecule has 1 N–H and O–H groups in total. The summed E-state index contributed by atoms with van der Waals surface area (Å²) in [5.74, 6) is -1.44. The van der Waals surface area contributed by atoms with Crippen LogP contribution in [0.3, 0.4) is 0 Å². The lowest BCUT2D eigenvalue weighted by molar-refractivity contribution is -0.119. The molecule has 0 atom stereocenters. The summed E-state index contributed by atoms with van der Waals surface area (Å²) in [6.07, 6.45) is 0. The van der Waals surface area contributed by atoms with Crippen molar-refractivity contribution in [2.45, 2.75) is 13.8 Å². The molecular formula is C26H20BrFN2O3. The van der Waals surface area contributed by atoms with Crippen molar-refractivity contribution in [1.29, 1.82) is 0 Å². The van der Waals surface area contributed by atoms with Crippen molar-refractivity contribution in [1.82, 2.24) is 4.98 Å². The van der Waals surface area contributed by atoms with Gasteiger partial charge in [-0.3, -0.25) is 4.79 Å². The van der Waals surface area contributed by atoms with Crippen LogP contribution >= 0.6 is 15.9 Å². The van der Waals surface area contributed by atoms with Gasteiger partial charge in [0.05, 0.1) is 16.8 Å². The third-order valence-corrected chi connectivity index (χ3v) is 6.04. The first-order valence-electron chi connectivity index (χ1n) is 10.2. The van der Waals surface area contributed by atoms with Gasteiger partial charge in [-0.1, -0.05) is 34.1 Å². The van der Waals surface area contributed by atoms with E-state index in [0.717, 1.165) is 15.6 Å². The van der Waals surface area contributed by atoms with E-state index in [-0.39, 0.29) is 11.4 Å². The highest BCUT2D eigenvalue weighted by atomic mass is 79.9. The van der Waals surface area contributed by atoms with Crippen LogP contribution in [0, 0.1) is 19.7 Å². The van der Waals surface area contributed by atoms with Gasteiger partial charge in [-0.2, -0.15) is 0 Å². The lowest BCUT2D eigenvalue weighted by atomic mass is 10.0. The zero-order valence-corrected chi connectivity index (χ0v) is 19.6. The molecule has 1 amide bonds. The summed E-state index contributed by atoms with van der Waals surface area (Å²) in [4.78, 5) is 29.9. The smallest absolute Gasteiger partial charge is 0.339 e. The minimum Gasteiger partial charge on any atom is -0.452 e. The van der Waals surface area contributed by atoms with E-state index < -0.39 is 18.5 Å². The summed E-state index contributed by atoms with van der Waals surface area (Å²) < 4.78 is 19.6. The molecule has 0 radical (unpaired) electrons. The molecular weight excluding hydrogens is 487 g/mol. The summed E-state index contributed by atoms with van der Waals surface area (Å²) in [5.41, 5.74) is 4.56. The van der Waals surface area contributed by atoms with E-state index in [4.69, 9.17) is 4.74 Å². The normalized spacial score (nSPS) is 10.8. The molecule has 1 aromatic heterocycles. The Morgan fingerprint density at radius 1 is 1.00 bits per heavy atom. The number of aryl methyl sites for hydroxylation is 2. The summed E-state index contributed by atoms with van der Waals surface area (Å²) in [7, 11) is 0. The van der Waals surface area contributed by atoms with Gasteiger partial charge >= 0.3 is 5.97 Å². The van der Waals surface area contributed by atoms with E-state index in [1.54, 1.807) is 36.4 Å². The van der Waals surface area contributed by atoms with Gasteiger partial charge in [-0.25, -0.2) is 14.2 Å². The Morgan fingerprint density at radius 2 is 1.73 bits per heavy atom. The van der Waals surface area contributed by atoms with Gasteiger partial charge in [0, 0.05) is 21.1 Å². The van der Waals surface area contributed by atoms with Crippen LogP contribution in [0.15, 0.2) is 71.2 Å². The van der Waals surface area contributed by atoms with Crippen molar-refractivity contribution in [3.05, 3.63) is 93.7 Å². The molecule has 0 unspecified atom stereocenters. The molecule has 1 heterocycles. The maximum atomic E-state index is 13.3. The number of carbonyl (C=O) groups excluding carboxylic acids is 2. The van der Waals surface area contributed by atoms with Crippen LogP contribution in [-0.4, -0.2) is 23.5 Å². The van der Waals surface area contributed by atoms with Crippen LogP contribution in [0.4, 0.5) is 10.1 Å². The minimum atomic E-state index is -0.643. The molecule has 166 valence electrons. The molecule has 5 nitrogen and oxygen atoms in total. The second-order valence-corrected chi connectivity index (χ2v) is 8.47. The summed E-state index contributed by atoms with van der Waals surface area (Å²) in [5, 5.41) is 3.38. The van der Waals surface area contributed by atoms with Crippen LogP contribution in [0.1, 0.15) is 21.5 Å². The predicted octanol–water partition coefficient (Wildman–Crippen LogP) is 6.22. The number of nitrogens with zero attached hydrogens (tertiary/aromatic N) is 1. The second-order valence-electron chi connectivity index (χ2n) is 7.62. The standard InChI is InChI=1S/C26H20BrFN2O3/c1-15-12-23(16(2)11-21(15)27)30-25(31)14-33-26(32)20-13-24(17-7-9-18(28)10-8-17)29-22-6-4-3-5-19(20)22/h3-13H,14H2,1-2H3,(H,30,31). The molecule has 0 aliphatic carbocycles. The van der Waals surface area contributed by atoms with Gasteiger partial charge in [0.1, 0.15) is 5.82 Å². The second kappa shape index (κ2) is 9.50. The van der Waals surface area contributed by atoms with Gasteiger partial charge in [0.2, 0.25) is 0 Å². The van der Waals surface area contributed by atoms with Crippen molar-refractivity contribution in [2.24, 2.45) is 0 Å². The van der Waals surface area contributed by atoms with E-state index in [1.807, 2.05) is 32.0 Å². The van der Waals surface area contributed by atoms with Crippen LogP contribution in [0.25, 0.3) is 22.2 Å². The van der Waals surface area contributed by atoms with Crippen LogP contribution in [0.2, 0.25) is 0 Å². The number of benzene rings is 3. The molecule has 7 heteroatoms. The number of pyridine rings is 1. The highest BCUT2D eigenvalue weighted by molar-refractivity contribution is 9.10. The number of hydrogen-bond donors (Lipinski definition) is 1. The molecule has 0 spiro atoms. The summed E-state index contributed by atoms with van der Waals surface area (Å²) in [6, 6.07) is 18.4.